The number of morpholine rings is 1. The summed E-state index contributed by atoms with van der Waals surface area (Å²) in [5, 5.41) is 0. The molecule has 1 aromatic rings. The maximum absolute atomic E-state index is 13.9. The van der Waals surface area contributed by atoms with Gasteiger partial charge in [-0.05, 0) is 13.3 Å². The molecule has 0 saturated carbocycles. The molecule has 8 nitrogen and oxygen atoms in total. The first-order valence-electron chi connectivity index (χ1n) is 9.57. The molecule has 0 aliphatic carbocycles. The molecule has 158 valence electrons. The number of aliphatic imine (C=N–C) groups is 1. The Balaban J connectivity index is 1.80. The second-order valence-corrected chi connectivity index (χ2v) is 7.50. The molecule has 2 saturated heterocycles. The first-order chi connectivity index (χ1) is 13.8. The number of rotatable bonds is 3. The molecule has 2 N–H and O–H groups in total. The van der Waals surface area contributed by atoms with Gasteiger partial charge in [0.05, 0.1) is 24.9 Å². The molecule has 1 unspecified atom stereocenters. The third kappa shape index (κ3) is 3.70. The van der Waals surface area contributed by atoms with Crippen molar-refractivity contribution in [2.75, 3.05) is 49.7 Å². The molecular weight excluding hydrogens is 387 g/mol. The summed E-state index contributed by atoms with van der Waals surface area (Å²) in [4.78, 5) is 18.1. The lowest BCUT2D eigenvalue weighted by atomic mass is 10.0. The van der Waals surface area contributed by atoms with E-state index in [4.69, 9.17) is 10.5 Å². The highest BCUT2D eigenvalue weighted by Crippen LogP contribution is 2.37. The molecule has 1 aromatic heterocycles. The Kier molecular flexibility index (Phi) is 5.01. The van der Waals surface area contributed by atoms with E-state index in [1.165, 1.54) is 13.2 Å². The number of guanidine groups is 1. The molecule has 3 aliphatic heterocycles. The zero-order chi connectivity index (χ0) is 20.8. The number of ether oxygens (including phenoxy) is 1. The van der Waals surface area contributed by atoms with Crippen LogP contribution in [0.5, 0.6) is 0 Å². The van der Waals surface area contributed by atoms with Crippen LogP contribution in [0, 0.1) is 0 Å². The average Bonchev–Trinajstić information content (AvgIpc) is 2.61. The fraction of sp³-hybridized carbons (Fsp3) is 0.611. The number of halogens is 3. The molecule has 0 spiro atoms. The molecule has 2 atom stereocenters. The van der Waals surface area contributed by atoms with Crippen LogP contribution in [0.4, 0.5) is 24.9 Å². The van der Waals surface area contributed by atoms with E-state index >= 15 is 0 Å². The standard InChI is InChI=1S/C18H24F3N7O/c1-11-10-29-7-6-28(11)17-24-13(8-14(25-17)27-4-3-5-27)12-9-23-16(22)26(2)15(12)18(19,20)21/h8-9,11,15H,3-7,10H2,1-2H3,(H2,22,23)/t11-,15?/m0/s1. The summed E-state index contributed by atoms with van der Waals surface area (Å²) in [6.07, 6.45) is -2.34. The predicted octanol–water partition coefficient (Wildman–Crippen LogP) is 1.44. The van der Waals surface area contributed by atoms with Crippen LogP contribution in [0.15, 0.2) is 17.3 Å². The van der Waals surface area contributed by atoms with E-state index in [9.17, 15) is 13.2 Å². The van der Waals surface area contributed by atoms with Gasteiger partial charge in [-0.25, -0.2) is 9.98 Å². The Hall–Kier alpha value is -2.56. The first kappa shape index (κ1) is 19.7. The number of likely N-dealkylation sites (N-methyl/N-ethyl adjacent to an activating group) is 1. The number of nitrogens with zero attached hydrogens (tertiary/aromatic N) is 6. The Morgan fingerprint density at radius 1 is 1.21 bits per heavy atom. The van der Waals surface area contributed by atoms with Crippen LogP contribution in [-0.4, -0.2) is 79.0 Å². The van der Waals surface area contributed by atoms with Crippen LogP contribution >= 0.6 is 0 Å². The van der Waals surface area contributed by atoms with Gasteiger partial charge in [0, 0.05) is 44.5 Å². The second-order valence-electron chi connectivity index (χ2n) is 7.50. The summed E-state index contributed by atoms with van der Waals surface area (Å²) >= 11 is 0. The van der Waals surface area contributed by atoms with Gasteiger partial charge in [-0.15, -0.1) is 0 Å². The lowest BCUT2D eigenvalue weighted by molar-refractivity contribution is -0.155. The van der Waals surface area contributed by atoms with Gasteiger partial charge in [0.15, 0.2) is 12.0 Å². The monoisotopic (exact) mass is 411 g/mol. The SMILES string of the molecule is C[C@H]1COCCN1c1nc(C2=CN=C(N)N(C)C2C(F)(F)F)cc(N2CCC2)n1. The summed E-state index contributed by atoms with van der Waals surface area (Å²) in [6.45, 7) is 5.24. The number of alkyl halides is 3. The minimum absolute atomic E-state index is 0.0262. The summed E-state index contributed by atoms with van der Waals surface area (Å²) in [7, 11) is 1.28. The summed E-state index contributed by atoms with van der Waals surface area (Å²) in [5.41, 5.74) is 5.82. The van der Waals surface area contributed by atoms with Gasteiger partial charge in [-0.2, -0.15) is 18.2 Å². The molecule has 0 bridgehead atoms. The number of aromatic nitrogens is 2. The van der Waals surface area contributed by atoms with Crippen molar-refractivity contribution < 1.29 is 17.9 Å². The van der Waals surface area contributed by atoms with Crippen molar-refractivity contribution in [2.45, 2.75) is 31.6 Å². The van der Waals surface area contributed by atoms with Crippen molar-refractivity contribution in [1.82, 2.24) is 14.9 Å². The fourth-order valence-electron chi connectivity index (χ4n) is 3.67. The van der Waals surface area contributed by atoms with E-state index in [0.29, 0.717) is 31.5 Å². The van der Waals surface area contributed by atoms with E-state index in [1.54, 1.807) is 6.07 Å². The molecule has 0 radical (unpaired) electrons. The summed E-state index contributed by atoms with van der Waals surface area (Å²) < 4.78 is 47.1. The van der Waals surface area contributed by atoms with E-state index in [0.717, 1.165) is 24.4 Å². The zero-order valence-corrected chi connectivity index (χ0v) is 16.4. The van der Waals surface area contributed by atoms with Crippen LogP contribution in [0.1, 0.15) is 19.0 Å². The molecular formula is C18H24F3N7O. The van der Waals surface area contributed by atoms with Crippen molar-refractivity contribution in [2.24, 2.45) is 10.7 Å². The Labute approximate surface area is 166 Å². The quantitative estimate of drug-likeness (QED) is 0.806. The van der Waals surface area contributed by atoms with Crippen molar-refractivity contribution >= 4 is 23.3 Å². The molecule has 29 heavy (non-hydrogen) atoms. The number of hydrogen-bond acceptors (Lipinski definition) is 8. The lowest BCUT2D eigenvalue weighted by Crippen LogP contribution is -2.51. The molecule has 0 amide bonds. The van der Waals surface area contributed by atoms with Crippen LogP contribution in [-0.2, 0) is 4.74 Å². The van der Waals surface area contributed by atoms with E-state index in [2.05, 4.69) is 15.0 Å². The van der Waals surface area contributed by atoms with Gasteiger partial charge in [-0.1, -0.05) is 0 Å². The maximum atomic E-state index is 13.9. The summed E-state index contributed by atoms with van der Waals surface area (Å²) in [6, 6.07) is -0.282. The van der Waals surface area contributed by atoms with Gasteiger partial charge in [0.1, 0.15) is 5.82 Å². The highest BCUT2D eigenvalue weighted by Gasteiger charge is 2.48. The highest BCUT2D eigenvalue weighted by molar-refractivity contribution is 5.86. The maximum Gasteiger partial charge on any atom is 0.413 e. The predicted molar refractivity (Wildman–Crippen MR) is 104 cm³/mol. The van der Waals surface area contributed by atoms with Crippen molar-refractivity contribution in [3.8, 4) is 0 Å². The smallest absolute Gasteiger partial charge is 0.377 e. The normalized spacial score (nSPS) is 25.5. The van der Waals surface area contributed by atoms with Crippen molar-refractivity contribution in [3.05, 3.63) is 18.0 Å². The summed E-state index contributed by atoms with van der Waals surface area (Å²) in [5.74, 6) is 0.851. The Morgan fingerprint density at radius 3 is 2.59 bits per heavy atom. The third-order valence-corrected chi connectivity index (χ3v) is 5.49. The van der Waals surface area contributed by atoms with Gasteiger partial charge < -0.3 is 25.2 Å². The zero-order valence-electron chi connectivity index (χ0n) is 16.4. The largest absolute Gasteiger partial charge is 0.413 e. The Bertz CT molecular complexity index is 837. The molecule has 3 aliphatic rings. The average molecular weight is 411 g/mol. The van der Waals surface area contributed by atoms with E-state index < -0.39 is 12.2 Å². The minimum atomic E-state index is -4.53. The molecule has 4 rings (SSSR count). The molecule has 11 heteroatoms. The fourth-order valence-corrected chi connectivity index (χ4v) is 3.67. The van der Waals surface area contributed by atoms with Gasteiger partial charge >= 0.3 is 6.18 Å². The van der Waals surface area contributed by atoms with Crippen LogP contribution < -0.4 is 15.5 Å². The Morgan fingerprint density at radius 2 is 1.97 bits per heavy atom. The van der Waals surface area contributed by atoms with Gasteiger partial charge in [-0.3, -0.25) is 0 Å². The first-order valence-corrected chi connectivity index (χ1v) is 9.57. The minimum Gasteiger partial charge on any atom is -0.377 e. The molecule has 0 aromatic carbocycles. The number of anilines is 2. The van der Waals surface area contributed by atoms with Crippen LogP contribution in [0.3, 0.4) is 0 Å². The second kappa shape index (κ2) is 7.36. The van der Waals surface area contributed by atoms with E-state index in [1.807, 2.05) is 16.7 Å². The van der Waals surface area contributed by atoms with Gasteiger partial charge in [0.25, 0.3) is 0 Å². The molecule has 4 heterocycles. The third-order valence-electron chi connectivity index (χ3n) is 5.49. The lowest BCUT2D eigenvalue weighted by Gasteiger charge is -2.37. The topological polar surface area (TPSA) is 83.1 Å². The number of hydrogen-bond donors (Lipinski definition) is 1. The van der Waals surface area contributed by atoms with Gasteiger partial charge in [0.2, 0.25) is 5.95 Å². The molecule has 2 fully saturated rings. The highest BCUT2D eigenvalue weighted by atomic mass is 19.4. The van der Waals surface area contributed by atoms with Crippen molar-refractivity contribution in [3.63, 3.8) is 0 Å². The van der Waals surface area contributed by atoms with Crippen molar-refractivity contribution in [1.29, 1.82) is 0 Å². The van der Waals surface area contributed by atoms with E-state index in [-0.39, 0.29) is 23.3 Å². The van der Waals surface area contributed by atoms with Crippen LogP contribution in [0.25, 0.3) is 5.57 Å². The number of nitrogens with two attached hydrogens (primary N) is 1. The van der Waals surface area contributed by atoms with Crippen LogP contribution in [0.2, 0.25) is 0 Å².